The predicted octanol–water partition coefficient (Wildman–Crippen LogP) is 3.71. The number of hydrogen-bond donors (Lipinski definition) is 2. The van der Waals surface area contributed by atoms with Crippen LogP contribution in [0.4, 0.5) is 10.1 Å². The summed E-state index contributed by atoms with van der Waals surface area (Å²) < 4.78 is 18.6. The van der Waals surface area contributed by atoms with Crippen molar-refractivity contribution in [2.45, 2.75) is 6.42 Å². The van der Waals surface area contributed by atoms with Gasteiger partial charge in [0.05, 0.1) is 5.69 Å². The molecule has 0 atom stereocenters. The van der Waals surface area contributed by atoms with Gasteiger partial charge in [0.1, 0.15) is 5.82 Å². The van der Waals surface area contributed by atoms with Crippen LogP contribution in [0.15, 0.2) is 65.2 Å². The van der Waals surface area contributed by atoms with E-state index in [9.17, 15) is 9.18 Å². The molecule has 0 saturated carbocycles. The van der Waals surface area contributed by atoms with Gasteiger partial charge in [0.15, 0.2) is 11.5 Å². The van der Waals surface area contributed by atoms with Gasteiger partial charge in [-0.3, -0.25) is 4.79 Å². The number of rotatable bonds is 7. The Morgan fingerprint density at radius 2 is 1.80 bits per heavy atom. The fourth-order valence-electron chi connectivity index (χ4n) is 2.33. The molecule has 1 heterocycles. The van der Waals surface area contributed by atoms with E-state index in [-0.39, 0.29) is 17.4 Å². The van der Waals surface area contributed by atoms with Crippen molar-refractivity contribution in [2.75, 3.05) is 18.4 Å². The van der Waals surface area contributed by atoms with E-state index in [2.05, 4.69) is 15.8 Å². The van der Waals surface area contributed by atoms with E-state index in [1.807, 2.05) is 30.3 Å². The zero-order valence-electron chi connectivity index (χ0n) is 13.5. The van der Waals surface area contributed by atoms with Gasteiger partial charge in [-0.1, -0.05) is 47.6 Å². The lowest BCUT2D eigenvalue weighted by molar-refractivity contribution is 0.0944. The van der Waals surface area contributed by atoms with Crippen molar-refractivity contribution in [3.05, 3.63) is 72.2 Å². The topological polar surface area (TPSA) is 67.2 Å². The van der Waals surface area contributed by atoms with E-state index in [0.717, 1.165) is 5.56 Å². The third kappa shape index (κ3) is 4.44. The Kier molecular flexibility index (Phi) is 5.41. The highest BCUT2D eigenvalue weighted by atomic mass is 19.1. The molecular formula is C19H18FN3O2. The number of benzene rings is 2. The van der Waals surface area contributed by atoms with Gasteiger partial charge in [-0.2, -0.15) is 0 Å². The van der Waals surface area contributed by atoms with Crippen LogP contribution in [0.1, 0.15) is 16.9 Å². The van der Waals surface area contributed by atoms with Gasteiger partial charge in [0.2, 0.25) is 0 Å². The molecular weight excluding hydrogens is 321 g/mol. The maximum absolute atomic E-state index is 13.4. The molecule has 0 aliphatic carbocycles. The summed E-state index contributed by atoms with van der Waals surface area (Å²) in [5.41, 5.74) is 1.56. The first-order valence-corrected chi connectivity index (χ1v) is 8.03. The van der Waals surface area contributed by atoms with Crippen molar-refractivity contribution >= 4 is 11.6 Å². The van der Waals surface area contributed by atoms with Gasteiger partial charge in [-0.25, -0.2) is 4.39 Å². The lowest BCUT2D eigenvalue weighted by atomic mass is 10.1. The third-order valence-electron chi connectivity index (χ3n) is 3.63. The zero-order chi connectivity index (χ0) is 17.5. The second-order valence-corrected chi connectivity index (χ2v) is 5.46. The molecule has 0 unspecified atom stereocenters. The summed E-state index contributed by atoms with van der Waals surface area (Å²) in [4.78, 5) is 12.1. The molecule has 128 valence electrons. The maximum Gasteiger partial charge on any atom is 0.273 e. The van der Waals surface area contributed by atoms with Crippen LogP contribution in [0.25, 0.3) is 11.3 Å². The second-order valence-electron chi connectivity index (χ2n) is 5.46. The molecule has 1 aromatic heterocycles. The van der Waals surface area contributed by atoms with Crippen LogP contribution in [0.2, 0.25) is 0 Å². The first-order chi connectivity index (χ1) is 12.2. The van der Waals surface area contributed by atoms with Crippen molar-refractivity contribution in [1.29, 1.82) is 0 Å². The SMILES string of the molecule is O=C(NCCCNc1ccccc1F)c1cc(-c2ccccc2)on1. The molecule has 3 aromatic rings. The molecule has 1 amide bonds. The average Bonchev–Trinajstić information content (AvgIpc) is 3.14. The van der Waals surface area contributed by atoms with Gasteiger partial charge in [-0.05, 0) is 18.6 Å². The Morgan fingerprint density at radius 1 is 1.04 bits per heavy atom. The molecule has 0 aliphatic rings. The van der Waals surface area contributed by atoms with E-state index in [1.165, 1.54) is 6.07 Å². The molecule has 3 rings (SSSR count). The van der Waals surface area contributed by atoms with E-state index < -0.39 is 0 Å². The Labute approximate surface area is 144 Å². The standard InChI is InChI=1S/C19H18FN3O2/c20-15-9-4-5-10-16(15)21-11-6-12-22-19(24)17-13-18(25-23-17)14-7-2-1-3-8-14/h1-5,7-10,13,21H,6,11-12H2,(H,22,24). The number of nitrogens with one attached hydrogen (secondary N) is 2. The molecule has 25 heavy (non-hydrogen) atoms. The van der Waals surface area contributed by atoms with Gasteiger partial charge in [0.25, 0.3) is 5.91 Å². The third-order valence-corrected chi connectivity index (χ3v) is 3.63. The highest BCUT2D eigenvalue weighted by molar-refractivity contribution is 5.93. The predicted molar refractivity (Wildman–Crippen MR) is 93.8 cm³/mol. The van der Waals surface area contributed by atoms with Crippen molar-refractivity contribution in [3.63, 3.8) is 0 Å². The highest BCUT2D eigenvalue weighted by Crippen LogP contribution is 2.19. The normalized spacial score (nSPS) is 10.4. The first kappa shape index (κ1) is 16.7. The minimum Gasteiger partial charge on any atom is -0.383 e. The van der Waals surface area contributed by atoms with E-state index in [4.69, 9.17) is 4.52 Å². The summed E-state index contributed by atoms with van der Waals surface area (Å²) in [6.45, 7) is 1.00. The maximum atomic E-state index is 13.4. The Morgan fingerprint density at radius 3 is 2.60 bits per heavy atom. The molecule has 0 saturated heterocycles. The Bertz CT molecular complexity index is 833. The van der Waals surface area contributed by atoms with E-state index >= 15 is 0 Å². The summed E-state index contributed by atoms with van der Waals surface area (Å²) in [6.07, 6.45) is 0.656. The van der Waals surface area contributed by atoms with Crippen molar-refractivity contribution in [1.82, 2.24) is 10.5 Å². The smallest absolute Gasteiger partial charge is 0.273 e. The second kappa shape index (κ2) is 8.10. The molecule has 2 aromatic carbocycles. The minimum atomic E-state index is -0.295. The van der Waals surface area contributed by atoms with Crippen LogP contribution in [0.3, 0.4) is 0 Å². The van der Waals surface area contributed by atoms with Crippen molar-refractivity contribution in [2.24, 2.45) is 0 Å². The van der Waals surface area contributed by atoms with Gasteiger partial charge >= 0.3 is 0 Å². The van der Waals surface area contributed by atoms with Crippen LogP contribution in [-0.4, -0.2) is 24.2 Å². The number of anilines is 1. The number of nitrogens with zero attached hydrogens (tertiary/aromatic N) is 1. The van der Waals surface area contributed by atoms with Crippen LogP contribution < -0.4 is 10.6 Å². The number of hydrogen-bond acceptors (Lipinski definition) is 4. The van der Waals surface area contributed by atoms with Crippen LogP contribution in [0, 0.1) is 5.82 Å². The summed E-state index contributed by atoms with van der Waals surface area (Å²) in [5.74, 6) is -0.0358. The van der Waals surface area contributed by atoms with E-state index in [0.29, 0.717) is 31.0 Å². The van der Waals surface area contributed by atoms with Gasteiger partial charge < -0.3 is 15.2 Å². The number of carbonyl (C=O) groups is 1. The molecule has 5 nitrogen and oxygen atoms in total. The number of carbonyl (C=O) groups excluding carboxylic acids is 1. The molecule has 2 N–H and O–H groups in total. The van der Waals surface area contributed by atoms with Crippen LogP contribution in [0.5, 0.6) is 0 Å². The summed E-state index contributed by atoms with van der Waals surface area (Å²) >= 11 is 0. The highest BCUT2D eigenvalue weighted by Gasteiger charge is 2.12. The Hall–Kier alpha value is -3.15. The minimum absolute atomic E-state index is 0.237. The molecule has 0 bridgehead atoms. The molecule has 0 fully saturated rings. The zero-order valence-corrected chi connectivity index (χ0v) is 13.5. The van der Waals surface area contributed by atoms with Gasteiger partial charge in [0, 0.05) is 24.7 Å². The van der Waals surface area contributed by atoms with E-state index in [1.54, 1.807) is 24.3 Å². The van der Waals surface area contributed by atoms with Crippen LogP contribution >= 0.6 is 0 Å². The summed E-state index contributed by atoms with van der Waals surface area (Å²) in [5, 5.41) is 9.56. The fourth-order valence-corrected chi connectivity index (χ4v) is 2.33. The lowest BCUT2D eigenvalue weighted by Crippen LogP contribution is -2.26. The number of aromatic nitrogens is 1. The fraction of sp³-hybridized carbons (Fsp3) is 0.158. The summed E-state index contributed by atoms with van der Waals surface area (Å²) in [6, 6.07) is 17.6. The van der Waals surface area contributed by atoms with Crippen molar-refractivity contribution in [3.8, 4) is 11.3 Å². The molecule has 0 spiro atoms. The quantitative estimate of drug-likeness (QED) is 0.644. The molecule has 6 heteroatoms. The first-order valence-electron chi connectivity index (χ1n) is 8.03. The number of para-hydroxylation sites is 1. The van der Waals surface area contributed by atoms with Crippen LogP contribution in [-0.2, 0) is 0 Å². The summed E-state index contributed by atoms with van der Waals surface area (Å²) in [7, 11) is 0. The lowest BCUT2D eigenvalue weighted by Gasteiger charge is -2.07. The molecule has 0 radical (unpaired) electrons. The number of halogens is 1. The molecule has 0 aliphatic heterocycles. The number of amides is 1. The average molecular weight is 339 g/mol. The van der Waals surface area contributed by atoms with Gasteiger partial charge in [-0.15, -0.1) is 0 Å². The monoisotopic (exact) mass is 339 g/mol. The Balaban J connectivity index is 1.44. The van der Waals surface area contributed by atoms with Crippen molar-refractivity contribution < 1.29 is 13.7 Å². The largest absolute Gasteiger partial charge is 0.383 e.